The molecule has 2 rings (SSSR count). The van der Waals surface area contributed by atoms with Gasteiger partial charge in [0.2, 0.25) is 0 Å². The van der Waals surface area contributed by atoms with Crippen LogP contribution in [-0.2, 0) is 0 Å². The molecule has 2 heterocycles. The van der Waals surface area contributed by atoms with Gasteiger partial charge in [0, 0.05) is 18.7 Å². The lowest BCUT2D eigenvalue weighted by atomic mass is 9.97. The fraction of sp³-hybridized carbons (Fsp3) is 0.500. The van der Waals surface area contributed by atoms with Crippen LogP contribution in [0.5, 0.6) is 0 Å². The number of anilines is 1. The van der Waals surface area contributed by atoms with Crippen LogP contribution in [0, 0.1) is 17.0 Å². The number of hydrogen-bond donors (Lipinski definition) is 1. The molecule has 86 valence electrons. The van der Waals surface area contributed by atoms with Gasteiger partial charge in [0.1, 0.15) is 12.0 Å². The third kappa shape index (κ3) is 1.83. The summed E-state index contributed by atoms with van der Waals surface area (Å²) in [5, 5.41) is 20.2. The Hall–Kier alpha value is -1.69. The van der Waals surface area contributed by atoms with Gasteiger partial charge in [-0.1, -0.05) is 0 Å². The quantitative estimate of drug-likeness (QED) is 0.594. The van der Waals surface area contributed by atoms with E-state index in [1.807, 2.05) is 4.90 Å². The first kappa shape index (κ1) is 10.8. The van der Waals surface area contributed by atoms with Crippen molar-refractivity contribution >= 4 is 11.5 Å². The highest BCUT2D eigenvalue weighted by Crippen LogP contribution is 2.28. The summed E-state index contributed by atoms with van der Waals surface area (Å²) in [5.41, 5.74) is -0.0604. The third-order valence-corrected chi connectivity index (χ3v) is 2.65. The molecule has 0 saturated carbocycles. The van der Waals surface area contributed by atoms with Crippen LogP contribution in [0.25, 0.3) is 0 Å². The molecule has 0 spiro atoms. The molecule has 0 radical (unpaired) electrons. The third-order valence-electron chi connectivity index (χ3n) is 2.65. The van der Waals surface area contributed by atoms with Crippen molar-refractivity contribution in [1.82, 2.24) is 4.98 Å². The van der Waals surface area contributed by atoms with Crippen molar-refractivity contribution in [3.8, 4) is 0 Å². The Morgan fingerprint density at radius 3 is 2.69 bits per heavy atom. The summed E-state index contributed by atoms with van der Waals surface area (Å²) >= 11 is 0. The lowest BCUT2D eigenvalue weighted by Crippen LogP contribution is -2.60. The second-order valence-electron chi connectivity index (χ2n) is 4.44. The van der Waals surface area contributed by atoms with E-state index < -0.39 is 10.5 Å². The van der Waals surface area contributed by atoms with Crippen molar-refractivity contribution in [2.24, 2.45) is 0 Å². The number of aryl methyl sites for hydroxylation is 1. The average molecular weight is 223 g/mol. The smallest absolute Gasteiger partial charge is 0.290 e. The maximum atomic E-state index is 10.6. The monoisotopic (exact) mass is 223 g/mol. The Morgan fingerprint density at radius 2 is 2.25 bits per heavy atom. The van der Waals surface area contributed by atoms with Gasteiger partial charge >= 0.3 is 0 Å². The van der Waals surface area contributed by atoms with E-state index in [0.29, 0.717) is 24.5 Å². The molecule has 1 saturated heterocycles. The standard InChI is InChI=1S/C10H13N3O3/c1-7-3-9(11-4-8(7)13(15)16)12-5-10(2,14)6-12/h3-4,14H,5-6H2,1-2H3. The Kier molecular flexibility index (Phi) is 2.31. The highest BCUT2D eigenvalue weighted by atomic mass is 16.6. The highest BCUT2D eigenvalue weighted by Gasteiger charge is 2.37. The van der Waals surface area contributed by atoms with Gasteiger partial charge < -0.3 is 10.0 Å². The molecule has 0 amide bonds. The molecule has 6 nitrogen and oxygen atoms in total. The van der Waals surface area contributed by atoms with Crippen LogP contribution in [0.2, 0.25) is 0 Å². The second-order valence-corrected chi connectivity index (χ2v) is 4.44. The number of hydrogen-bond acceptors (Lipinski definition) is 5. The summed E-state index contributed by atoms with van der Waals surface area (Å²) in [6.07, 6.45) is 1.26. The topological polar surface area (TPSA) is 79.5 Å². The van der Waals surface area contributed by atoms with Crippen LogP contribution in [0.4, 0.5) is 11.5 Å². The first-order valence-corrected chi connectivity index (χ1v) is 4.97. The van der Waals surface area contributed by atoms with Crippen molar-refractivity contribution < 1.29 is 10.0 Å². The highest BCUT2D eigenvalue weighted by molar-refractivity contribution is 5.51. The molecule has 16 heavy (non-hydrogen) atoms. The van der Waals surface area contributed by atoms with Crippen LogP contribution >= 0.6 is 0 Å². The second kappa shape index (κ2) is 3.41. The van der Waals surface area contributed by atoms with Crippen LogP contribution in [0.3, 0.4) is 0 Å². The van der Waals surface area contributed by atoms with Crippen LogP contribution < -0.4 is 4.90 Å². The van der Waals surface area contributed by atoms with Gasteiger partial charge in [-0.15, -0.1) is 0 Å². The number of pyridine rings is 1. The Bertz CT molecular complexity index is 437. The number of nitro groups is 1. The molecule has 0 atom stereocenters. The zero-order valence-electron chi connectivity index (χ0n) is 9.17. The van der Waals surface area contributed by atoms with Gasteiger partial charge in [0.15, 0.2) is 0 Å². The molecule has 1 aromatic rings. The molecule has 1 fully saturated rings. The van der Waals surface area contributed by atoms with Gasteiger partial charge in [-0.25, -0.2) is 4.98 Å². The molecule has 0 aliphatic carbocycles. The van der Waals surface area contributed by atoms with E-state index >= 15 is 0 Å². The first-order valence-electron chi connectivity index (χ1n) is 4.97. The number of nitrogens with zero attached hydrogens (tertiary/aromatic N) is 3. The largest absolute Gasteiger partial charge is 0.386 e. The lowest BCUT2D eigenvalue weighted by molar-refractivity contribution is -0.385. The normalized spacial score (nSPS) is 18.1. The minimum atomic E-state index is -0.669. The molecule has 0 aromatic carbocycles. The number of aromatic nitrogens is 1. The summed E-state index contributed by atoms with van der Waals surface area (Å²) < 4.78 is 0. The van der Waals surface area contributed by atoms with Gasteiger partial charge in [0.05, 0.1) is 10.5 Å². The number of aliphatic hydroxyl groups is 1. The lowest BCUT2D eigenvalue weighted by Gasteiger charge is -2.44. The average Bonchev–Trinajstić information content (AvgIpc) is 2.13. The molecule has 6 heteroatoms. The van der Waals surface area contributed by atoms with Crippen molar-refractivity contribution in [3.05, 3.63) is 27.9 Å². The predicted octanol–water partition coefficient (Wildman–Crippen LogP) is 0.869. The van der Waals surface area contributed by atoms with Crippen LogP contribution in [-0.4, -0.2) is 33.7 Å². The van der Waals surface area contributed by atoms with Gasteiger partial charge in [-0.05, 0) is 19.9 Å². The van der Waals surface area contributed by atoms with E-state index in [1.165, 1.54) is 6.20 Å². The van der Waals surface area contributed by atoms with E-state index in [-0.39, 0.29) is 5.69 Å². The van der Waals surface area contributed by atoms with E-state index in [2.05, 4.69) is 4.98 Å². The first-order chi connectivity index (χ1) is 7.39. The predicted molar refractivity (Wildman–Crippen MR) is 58.5 cm³/mol. The zero-order valence-corrected chi connectivity index (χ0v) is 9.17. The van der Waals surface area contributed by atoms with Crippen molar-refractivity contribution in [1.29, 1.82) is 0 Å². The molecular weight excluding hydrogens is 210 g/mol. The Balaban J connectivity index is 2.20. The Morgan fingerprint density at radius 1 is 1.62 bits per heavy atom. The summed E-state index contributed by atoms with van der Waals surface area (Å²) in [5.74, 6) is 0.676. The molecule has 1 N–H and O–H groups in total. The molecular formula is C10H13N3O3. The minimum absolute atomic E-state index is 0.0241. The summed E-state index contributed by atoms with van der Waals surface area (Å²) in [4.78, 5) is 16.1. The SMILES string of the molecule is Cc1cc(N2CC(C)(O)C2)ncc1[N+](=O)[O-]. The molecule has 1 aliphatic rings. The zero-order chi connectivity index (χ0) is 11.9. The Labute approximate surface area is 92.7 Å². The molecule has 0 bridgehead atoms. The fourth-order valence-corrected chi connectivity index (χ4v) is 1.84. The fourth-order valence-electron chi connectivity index (χ4n) is 1.84. The van der Waals surface area contributed by atoms with Crippen LogP contribution in [0.15, 0.2) is 12.3 Å². The van der Waals surface area contributed by atoms with E-state index in [1.54, 1.807) is 19.9 Å². The van der Waals surface area contributed by atoms with E-state index in [4.69, 9.17) is 0 Å². The molecule has 0 unspecified atom stereocenters. The summed E-state index contributed by atoms with van der Waals surface area (Å²) in [6, 6.07) is 1.67. The van der Waals surface area contributed by atoms with Gasteiger partial charge in [-0.3, -0.25) is 10.1 Å². The minimum Gasteiger partial charge on any atom is -0.386 e. The van der Waals surface area contributed by atoms with Gasteiger partial charge in [0.25, 0.3) is 5.69 Å². The maximum absolute atomic E-state index is 10.6. The van der Waals surface area contributed by atoms with E-state index in [9.17, 15) is 15.2 Å². The summed E-state index contributed by atoms with van der Waals surface area (Å²) in [6.45, 7) is 4.46. The van der Waals surface area contributed by atoms with Crippen molar-refractivity contribution in [2.75, 3.05) is 18.0 Å². The van der Waals surface area contributed by atoms with E-state index in [0.717, 1.165) is 0 Å². The number of β-amino-alcohol motifs (C(OH)–C–C–N with tert-alkyl or cyclic N) is 1. The van der Waals surface area contributed by atoms with Crippen molar-refractivity contribution in [3.63, 3.8) is 0 Å². The van der Waals surface area contributed by atoms with Crippen LogP contribution in [0.1, 0.15) is 12.5 Å². The number of rotatable bonds is 2. The molecule has 1 aromatic heterocycles. The maximum Gasteiger partial charge on any atom is 0.290 e. The summed E-state index contributed by atoms with van der Waals surface area (Å²) in [7, 11) is 0. The van der Waals surface area contributed by atoms with Crippen molar-refractivity contribution in [2.45, 2.75) is 19.4 Å². The van der Waals surface area contributed by atoms with Gasteiger partial charge in [-0.2, -0.15) is 0 Å². The molecule has 1 aliphatic heterocycles.